The second kappa shape index (κ2) is 4.79. The molecule has 0 amide bonds. The highest BCUT2D eigenvalue weighted by molar-refractivity contribution is 7.11. The molecule has 98 valence electrons. The molecule has 0 radical (unpaired) electrons. The van der Waals surface area contributed by atoms with E-state index in [1.807, 2.05) is 19.9 Å². The molecule has 0 bridgehead atoms. The molecule has 5 nitrogen and oxygen atoms in total. The highest BCUT2D eigenvalue weighted by Gasteiger charge is 2.08. The molecule has 19 heavy (non-hydrogen) atoms. The van der Waals surface area contributed by atoms with Crippen LogP contribution < -0.4 is 5.32 Å². The number of fused-ring (bicyclic) bond motifs is 1. The number of nitrogens with zero attached hydrogens (tertiary/aromatic N) is 4. The zero-order chi connectivity index (χ0) is 13.4. The number of hydrogen-bond acceptors (Lipinski definition) is 5. The van der Waals surface area contributed by atoms with E-state index in [-0.39, 0.29) is 0 Å². The molecule has 3 aromatic heterocycles. The van der Waals surface area contributed by atoms with Gasteiger partial charge in [0.2, 0.25) is 0 Å². The van der Waals surface area contributed by atoms with E-state index >= 15 is 0 Å². The number of halogens is 1. The maximum absolute atomic E-state index is 6.00. The van der Waals surface area contributed by atoms with Gasteiger partial charge >= 0.3 is 0 Å². The minimum atomic E-state index is 0.452. The van der Waals surface area contributed by atoms with Gasteiger partial charge in [0, 0.05) is 17.0 Å². The lowest BCUT2D eigenvalue weighted by Gasteiger charge is -2.07. The number of aryl methyl sites for hydroxylation is 2. The first-order chi connectivity index (χ1) is 9.13. The Kier molecular flexibility index (Phi) is 3.12. The molecule has 7 heteroatoms. The second-order valence-electron chi connectivity index (χ2n) is 4.16. The minimum absolute atomic E-state index is 0.452. The van der Waals surface area contributed by atoms with Gasteiger partial charge in [-0.1, -0.05) is 11.6 Å². The monoisotopic (exact) mass is 293 g/mol. The summed E-state index contributed by atoms with van der Waals surface area (Å²) in [7, 11) is 0. The summed E-state index contributed by atoms with van der Waals surface area (Å²) < 4.78 is 1.73. The van der Waals surface area contributed by atoms with Crippen molar-refractivity contribution in [3.05, 3.63) is 39.1 Å². The molecule has 0 aromatic carbocycles. The Balaban J connectivity index is 1.89. The third kappa shape index (κ3) is 2.41. The van der Waals surface area contributed by atoms with Crippen LogP contribution in [0.3, 0.4) is 0 Å². The first kappa shape index (κ1) is 12.4. The molecule has 3 heterocycles. The van der Waals surface area contributed by atoms with Crippen LogP contribution in [-0.4, -0.2) is 19.6 Å². The van der Waals surface area contributed by atoms with E-state index in [4.69, 9.17) is 11.6 Å². The van der Waals surface area contributed by atoms with Crippen molar-refractivity contribution < 1.29 is 0 Å². The topological polar surface area (TPSA) is 55.1 Å². The number of aromatic nitrogens is 4. The number of rotatable bonds is 3. The molecule has 0 unspecified atom stereocenters. The zero-order valence-electron chi connectivity index (χ0n) is 10.5. The lowest BCUT2D eigenvalue weighted by molar-refractivity contribution is 0.926. The van der Waals surface area contributed by atoms with Crippen LogP contribution in [0.5, 0.6) is 0 Å². The highest BCUT2D eigenvalue weighted by atomic mass is 35.5. The lowest BCUT2D eigenvalue weighted by atomic mass is 10.4. The summed E-state index contributed by atoms with van der Waals surface area (Å²) >= 11 is 7.69. The third-order valence-electron chi connectivity index (χ3n) is 2.76. The molecule has 1 N–H and O–H groups in total. The molecule has 0 aliphatic rings. The standard InChI is InChI=1S/C12H12ClN5S/c1-7-9(19-8(2)16-7)6-14-12-5-10(13)17-11-3-4-15-18(11)12/h3-5,14H,6H2,1-2H3. The van der Waals surface area contributed by atoms with Gasteiger partial charge < -0.3 is 5.32 Å². The van der Waals surface area contributed by atoms with Gasteiger partial charge in [-0.3, -0.25) is 0 Å². The van der Waals surface area contributed by atoms with E-state index in [2.05, 4.69) is 20.4 Å². The lowest BCUT2D eigenvalue weighted by Crippen LogP contribution is -2.05. The summed E-state index contributed by atoms with van der Waals surface area (Å²) in [5.41, 5.74) is 1.79. The van der Waals surface area contributed by atoms with E-state index in [1.165, 1.54) is 4.88 Å². The largest absolute Gasteiger partial charge is 0.365 e. The predicted octanol–water partition coefficient (Wildman–Crippen LogP) is 3.07. The van der Waals surface area contributed by atoms with Crippen molar-refractivity contribution in [2.24, 2.45) is 0 Å². The number of thiazole rings is 1. The van der Waals surface area contributed by atoms with Crippen LogP contribution in [0.4, 0.5) is 5.82 Å². The van der Waals surface area contributed by atoms with Gasteiger partial charge in [-0.2, -0.15) is 9.61 Å². The van der Waals surface area contributed by atoms with Crippen LogP contribution in [-0.2, 0) is 6.54 Å². The predicted molar refractivity (Wildman–Crippen MR) is 76.9 cm³/mol. The molecule has 3 rings (SSSR count). The van der Waals surface area contributed by atoms with Crippen LogP contribution in [0.2, 0.25) is 5.15 Å². The maximum atomic E-state index is 6.00. The SMILES string of the molecule is Cc1nc(C)c(CNc2cc(Cl)nc3ccnn23)s1. The van der Waals surface area contributed by atoms with Crippen LogP contribution in [0.15, 0.2) is 18.3 Å². The molecule has 0 spiro atoms. The van der Waals surface area contributed by atoms with E-state index in [1.54, 1.807) is 28.1 Å². The molecule has 0 atom stereocenters. The fourth-order valence-corrected chi connectivity index (χ4v) is 2.98. The van der Waals surface area contributed by atoms with Gasteiger partial charge in [0.15, 0.2) is 5.65 Å². The fraction of sp³-hybridized carbons (Fsp3) is 0.250. The van der Waals surface area contributed by atoms with Crippen LogP contribution in [0.1, 0.15) is 15.6 Å². The average Bonchev–Trinajstić information content (AvgIpc) is 2.92. The summed E-state index contributed by atoms with van der Waals surface area (Å²) in [5.74, 6) is 0.824. The van der Waals surface area contributed by atoms with E-state index in [0.717, 1.165) is 22.2 Å². The first-order valence-corrected chi connectivity index (χ1v) is 7.00. The molecule has 3 aromatic rings. The van der Waals surface area contributed by atoms with Gasteiger partial charge in [-0.25, -0.2) is 9.97 Å². The summed E-state index contributed by atoms with van der Waals surface area (Å²) in [4.78, 5) is 9.81. The van der Waals surface area contributed by atoms with Gasteiger partial charge in [-0.05, 0) is 13.8 Å². The molecule has 0 fully saturated rings. The molecular weight excluding hydrogens is 282 g/mol. The normalized spacial score (nSPS) is 11.1. The van der Waals surface area contributed by atoms with Gasteiger partial charge in [0.25, 0.3) is 0 Å². The van der Waals surface area contributed by atoms with E-state index < -0.39 is 0 Å². The van der Waals surface area contributed by atoms with Crippen molar-refractivity contribution in [2.75, 3.05) is 5.32 Å². The van der Waals surface area contributed by atoms with Crippen molar-refractivity contribution in [3.63, 3.8) is 0 Å². The van der Waals surface area contributed by atoms with Crippen molar-refractivity contribution in [3.8, 4) is 0 Å². The number of hydrogen-bond donors (Lipinski definition) is 1. The maximum Gasteiger partial charge on any atom is 0.159 e. The van der Waals surface area contributed by atoms with Gasteiger partial charge in [0.1, 0.15) is 11.0 Å². The Morgan fingerprint density at radius 3 is 2.95 bits per heavy atom. The number of nitrogens with one attached hydrogen (secondary N) is 1. The molecule has 0 saturated carbocycles. The molecule has 0 aliphatic heterocycles. The zero-order valence-corrected chi connectivity index (χ0v) is 12.1. The summed E-state index contributed by atoms with van der Waals surface area (Å²) in [6.45, 7) is 4.73. The molecular formula is C12H12ClN5S. The van der Waals surface area contributed by atoms with Crippen LogP contribution >= 0.6 is 22.9 Å². The van der Waals surface area contributed by atoms with E-state index in [9.17, 15) is 0 Å². The van der Waals surface area contributed by atoms with Gasteiger partial charge in [0.05, 0.1) is 23.4 Å². The van der Waals surface area contributed by atoms with Crippen molar-refractivity contribution in [2.45, 2.75) is 20.4 Å². The Labute approximate surface area is 119 Å². The summed E-state index contributed by atoms with van der Waals surface area (Å²) in [6.07, 6.45) is 1.70. The third-order valence-corrected chi connectivity index (χ3v) is 4.02. The minimum Gasteiger partial charge on any atom is -0.365 e. The highest BCUT2D eigenvalue weighted by Crippen LogP contribution is 2.20. The molecule has 0 saturated heterocycles. The first-order valence-electron chi connectivity index (χ1n) is 5.80. The Hall–Kier alpha value is -1.66. The Morgan fingerprint density at radius 1 is 1.37 bits per heavy atom. The summed E-state index contributed by atoms with van der Waals surface area (Å²) in [6, 6.07) is 3.59. The second-order valence-corrected chi connectivity index (χ2v) is 5.84. The van der Waals surface area contributed by atoms with Crippen LogP contribution in [0.25, 0.3) is 5.65 Å². The Morgan fingerprint density at radius 2 is 2.21 bits per heavy atom. The van der Waals surface area contributed by atoms with Crippen molar-refractivity contribution in [1.82, 2.24) is 19.6 Å². The summed E-state index contributed by atoms with van der Waals surface area (Å²) in [5, 5.41) is 9.08. The average molecular weight is 294 g/mol. The fourth-order valence-electron chi connectivity index (χ4n) is 1.92. The molecule has 0 aliphatic carbocycles. The van der Waals surface area contributed by atoms with E-state index in [0.29, 0.717) is 11.7 Å². The van der Waals surface area contributed by atoms with Crippen LogP contribution in [0, 0.1) is 13.8 Å². The quantitative estimate of drug-likeness (QED) is 0.754. The van der Waals surface area contributed by atoms with Gasteiger partial charge in [-0.15, -0.1) is 11.3 Å². The number of anilines is 1. The Bertz CT molecular complexity index is 733. The van der Waals surface area contributed by atoms with Crippen molar-refractivity contribution >= 4 is 34.4 Å². The van der Waals surface area contributed by atoms with Crippen molar-refractivity contribution in [1.29, 1.82) is 0 Å². The smallest absolute Gasteiger partial charge is 0.159 e.